The third-order valence-corrected chi connectivity index (χ3v) is 2.68. The molecule has 2 aromatic heterocycles. The van der Waals surface area contributed by atoms with E-state index in [1.165, 1.54) is 0 Å². The molecular weight excluding hydrogens is 216 g/mol. The van der Waals surface area contributed by atoms with Crippen molar-refractivity contribution in [3.05, 3.63) is 42.2 Å². The number of hydrogen-bond donors (Lipinski definition) is 1. The Morgan fingerprint density at radius 3 is 3.06 bits per heavy atom. The summed E-state index contributed by atoms with van der Waals surface area (Å²) >= 11 is 0. The van der Waals surface area contributed by atoms with Crippen LogP contribution in [0.15, 0.2) is 30.7 Å². The largest absolute Gasteiger partial charge is 0.347 e. The highest BCUT2D eigenvalue weighted by molar-refractivity contribution is 5.92. The fourth-order valence-electron chi connectivity index (χ4n) is 1.76. The average molecular weight is 232 g/mol. The summed E-state index contributed by atoms with van der Waals surface area (Å²) in [6, 6.07) is 3.72. The highest BCUT2D eigenvalue weighted by Gasteiger charge is 2.15. The molecule has 5 nitrogen and oxygen atoms in total. The zero-order chi connectivity index (χ0) is 12.3. The molecule has 17 heavy (non-hydrogen) atoms. The van der Waals surface area contributed by atoms with E-state index < -0.39 is 0 Å². The van der Waals surface area contributed by atoms with Crippen molar-refractivity contribution >= 4 is 5.91 Å². The van der Waals surface area contributed by atoms with E-state index in [-0.39, 0.29) is 5.91 Å². The topological polar surface area (TPSA) is 53.9 Å². The first-order chi connectivity index (χ1) is 8.22. The second-order valence-electron chi connectivity index (χ2n) is 3.88. The summed E-state index contributed by atoms with van der Waals surface area (Å²) in [4.78, 5) is 20.9. The molecule has 0 aliphatic heterocycles. The molecule has 2 heterocycles. The first-order valence-electron chi connectivity index (χ1n) is 5.61. The van der Waals surface area contributed by atoms with Crippen LogP contribution in [0.4, 0.5) is 0 Å². The normalized spacial score (nSPS) is 10.5. The molecule has 1 N–H and O–H groups in total. The Morgan fingerprint density at radius 2 is 2.41 bits per heavy atom. The lowest BCUT2D eigenvalue weighted by Gasteiger charge is -2.16. The van der Waals surface area contributed by atoms with Gasteiger partial charge in [-0.2, -0.15) is 0 Å². The maximum Gasteiger partial charge on any atom is 0.270 e. The van der Waals surface area contributed by atoms with Gasteiger partial charge in [-0.25, -0.2) is 4.98 Å². The first-order valence-corrected chi connectivity index (χ1v) is 5.61. The van der Waals surface area contributed by atoms with Crippen molar-refractivity contribution in [3.63, 3.8) is 0 Å². The minimum absolute atomic E-state index is 0.00764. The van der Waals surface area contributed by atoms with Crippen molar-refractivity contribution in [1.82, 2.24) is 19.4 Å². The monoisotopic (exact) mass is 232 g/mol. The van der Waals surface area contributed by atoms with E-state index in [0.29, 0.717) is 12.2 Å². The van der Waals surface area contributed by atoms with Crippen LogP contribution in [0.1, 0.15) is 23.2 Å². The van der Waals surface area contributed by atoms with Gasteiger partial charge in [-0.15, -0.1) is 0 Å². The van der Waals surface area contributed by atoms with Crippen LogP contribution in [-0.4, -0.2) is 32.4 Å². The number of H-pyrrole nitrogens is 1. The van der Waals surface area contributed by atoms with Crippen LogP contribution in [0, 0.1) is 0 Å². The second kappa shape index (κ2) is 4.86. The lowest BCUT2D eigenvalue weighted by atomic mass is 10.3. The number of carbonyl (C=O) groups is 1. The molecule has 0 spiro atoms. The van der Waals surface area contributed by atoms with Crippen molar-refractivity contribution < 1.29 is 4.79 Å². The molecule has 2 aromatic rings. The van der Waals surface area contributed by atoms with Crippen LogP contribution < -0.4 is 0 Å². The minimum atomic E-state index is 0.00764. The fraction of sp³-hybridized carbons (Fsp3) is 0.333. The van der Waals surface area contributed by atoms with Gasteiger partial charge in [0.15, 0.2) is 0 Å². The van der Waals surface area contributed by atoms with Gasteiger partial charge in [0.2, 0.25) is 0 Å². The Hall–Kier alpha value is -2.04. The Balaban J connectivity index is 2.09. The lowest BCUT2D eigenvalue weighted by molar-refractivity contribution is 0.0771. The molecule has 0 saturated heterocycles. The van der Waals surface area contributed by atoms with Gasteiger partial charge in [0.1, 0.15) is 11.5 Å². The Labute approximate surface area is 100 Å². The fourth-order valence-corrected chi connectivity index (χ4v) is 1.76. The van der Waals surface area contributed by atoms with Gasteiger partial charge in [0, 0.05) is 32.2 Å². The summed E-state index contributed by atoms with van der Waals surface area (Å²) in [5, 5.41) is 0. The quantitative estimate of drug-likeness (QED) is 0.868. The summed E-state index contributed by atoms with van der Waals surface area (Å²) in [6.07, 6.45) is 5.35. The number of imidazole rings is 1. The predicted molar refractivity (Wildman–Crippen MR) is 64.5 cm³/mol. The standard InChI is InChI=1S/C12H16N4O/c1-3-16-8-4-5-10(16)12(17)15(2)9-11-13-6-7-14-11/h4-8H,3,9H2,1-2H3,(H,13,14). The molecule has 5 heteroatoms. The van der Waals surface area contributed by atoms with Gasteiger partial charge >= 0.3 is 0 Å². The number of carbonyl (C=O) groups excluding carboxylic acids is 1. The van der Waals surface area contributed by atoms with Gasteiger partial charge in [0.05, 0.1) is 6.54 Å². The van der Waals surface area contributed by atoms with Crippen LogP contribution in [0.2, 0.25) is 0 Å². The molecular formula is C12H16N4O. The van der Waals surface area contributed by atoms with E-state index >= 15 is 0 Å². The Morgan fingerprint density at radius 1 is 1.59 bits per heavy atom. The van der Waals surface area contributed by atoms with Crippen LogP contribution in [0.25, 0.3) is 0 Å². The summed E-state index contributed by atoms with van der Waals surface area (Å²) in [7, 11) is 1.78. The number of nitrogens with one attached hydrogen (secondary N) is 1. The van der Waals surface area contributed by atoms with Gasteiger partial charge in [-0.05, 0) is 19.1 Å². The molecule has 0 atom stereocenters. The number of aromatic amines is 1. The van der Waals surface area contributed by atoms with Crippen molar-refractivity contribution in [1.29, 1.82) is 0 Å². The predicted octanol–water partition coefficient (Wildman–Crippen LogP) is 1.50. The Kier molecular flexibility index (Phi) is 3.27. The number of aromatic nitrogens is 3. The molecule has 0 fully saturated rings. The SMILES string of the molecule is CCn1cccc1C(=O)N(C)Cc1ncc[nH]1. The molecule has 0 radical (unpaired) electrons. The van der Waals surface area contributed by atoms with Crippen molar-refractivity contribution in [2.24, 2.45) is 0 Å². The van der Waals surface area contributed by atoms with Crippen LogP contribution in [-0.2, 0) is 13.1 Å². The van der Waals surface area contributed by atoms with Gasteiger partial charge in [-0.3, -0.25) is 4.79 Å². The van der Waals surface area contributed by atoms with E-state index in [1.807, 2.05) is 29.8 Å². The smallest absolute Gasteiger partial charge is 0.270 e. The van der Waals surface area contributed by atoms with Crippen molar-refractivity contribution in [2.45, 2.75) is 20.0 Å². The van der Waals surface area contributed by atoms with E-state index in [2.05, 4.69) is 9.97 Å². The van der Waals surface area contributed by atoms with Crippen molar-refractivity contribution in [3.8, 4) is 0 Å². The second-order valence-corrected chi connectivity index (χ2v) is 3.88. The number of amides is 1. The molecule has 0 aliphatic rings. The van der Waals surface area contributed by atoms with Gasteiger partial charge < -0.3 is 14.5 Å². The molecule has 1 amide bonds. The number of rotatable bonds is 4. The molecule has 0 aromatic carbocycles. The molecule has 0 aliphatic carbocycles. The summed E-state index contributed by atoms with van der Waals surface area (Å²) < 4.78 is 1.93. The van der Waals surface area contributed by atoms with Gasteiger partial charge in [0.25, 0.3) is 5.91 Å². The summed E-state index contributed by atoms with van der Waals surface area (Å²) in [5.41, 5.74) is 0.710. The molecule has 2 rings (SSSR count). The Bertz CT molecular complexity index is 486. The van der Waals surface area contributed by atoms with E-state index in [9.17, 15) is 4.79 Å². The lowest BCUT2D eigenvalue weighted by Crippen LogP contribution is -2.28. The van der Waals surface area contributed by atoms with Crippen molar-refractivity contribution in [2.75, 3.05) is 7.05 Å². The minimum Gasteiger partial charge on any atom is -0.347 e. The van der Waals surface area contributed by atoms with Crippen LogP contribution in [0.3, 0.4) is 0 Å². The first kappa shape index (κ1) is 11.4. The van der Waals surface area contributed by atoms with Crippen LogP contribution >= 0.6 is 0 Å². The average Bonchev–Trinajstić information content (AvgIpc) is 2.97. The maximum atomic E-state index is 12.2. The number of aryl methyl sites for hydroxylation is 1. The maximum absolute atomic E-state index is 12.2. The zero-order valence-electron chi connectivity index (χ0n) is 10.1. The molecule has 0 saturated carbocycles. The molecule has 90 valence electrons. The highest BCUT2D eigenvalue weighted by Crippen LogP contribution is 2.07. The summed E-state index contributed by atoms with van der Waals surface area (Å²) in [5.74, 6) is 0.795. The number of nitrogens with zero attached hydrogens (tertiary/aromatic N) is 3. The van der Waals surface area contributed by atoms with Crippen LogP contribution in [0.5, 0.6) is 0 Å². The molecule has 0 bridgehead atoms. The third-order valence-electron chi connectivity index (χ3n) is 2.68. The number of hydrogen-bond acceptors (Lipinski definition) is 2. The molecule has 0 unspecified atom stereocenters. The van der Waals surface area contributed by atoms with E-state index in [1.54, 1.807) is 24.3 Å². The third kappa shape index (κ3) is 2.38. The van der Waals surface area contributed by atoms with Gasteiger partial charge in [-0.1, -0.05) is 0 Å². The highest BCUT2D eigenvalue weighted by atomic mass is 16.2. The summed E-state index contributed by atoms with van der Waals surface area (Å²) in [6.45, 7) is 3.30. The van der Waals surface area contributed by atoms with E-state index in [4.69, 9.17) is 0 Å². The van der Waals surface area contributed by atoms with E-state index in [0.717, 1.165) is 12.4 Å². The zero-order valence-corrected chi connectivity index (χ0v) is 10.1.